The molecule has 6 radical (unpaired) electrons. The van der Waals surface area contributed by atoms with Crippen LogP contribution in [-0.2, 0) is 19.2 Å². The Morgan fingerprint density at radius 2 is 0.867 bits per heavy atom. The van der Waals surface area contributed by atoms with Crippen LogP contribution in [0.2, 0.25) is 8.87 Å². The van der Waals surface area contributed by atoms with E-state index in [9.17, 15) is 39.6 Å². The first-order valence-corrected chi connectivity index (χ1v) is 21.7. The van der Waals surface area contributed by atoms with E-state index in [1.54, 1.807) is 8.87 Å². The van der Waals surface area contributed by atoms with E-state index in [1.807, 2.05) is 0 Å². The van der Waals surface area contributed by atoms with E-state index in [0.717, 1.165) is 63.2 Å². The van der Waals surface area contributed by atoms with Crippen LogP contribution in [0.5, 0.6) is 0 Å². The molecule has 0 bridgehead atoms. The molecule has 9 heteroatoms. The largest absolute Gasteiger partial charge is 0.550 e. The second-order valence-corrected chi connectivity index (χ2v) is 17.1. The van der Waals surface area contributed by atoms with Crippen molar-refractivity contribution in [1.29, 1.82) is 0 Å². The van der Waals surface area contributed by atoms with Crippen molar-refractivity contribution < 1.29 is 39.6 Å². The topological polar surface area (TPSA) is 161 Å². The number of aliphatic carboxylic acids is 4. The number of carboxylic acids is 4. The van der Waals surface area contributed by atoms with Crippen molar-refractivity contribution in [2.24, 2.45) is 35.5 Å². The summed E-state index contributed by atoms with van der Waals surface area (Å²) in [5.41, 5.74) is 0. The molecule has 262 valence electrons. The van der Waals surface area contributed by atoms with Gasteiger partial charge in [-0.05, 0) is 75.0 Å². The molecule has 0 saturated carbocycles. The van der Waals surface area contributed by atoms with Crippen LogP contribution in [0, 0.1) is 35.5 Å². The molecule has 0 amide bonds. The van der Waals surface area contributed by atoms with Crippen molar-refractivity contribution in [2.75, 3.05) is 0 Å². The zero-order valence-electron chi connectivity index (χ0n) is 30.0. The van der Waals surface area contributed by atoms with Crippen LogP contribution in [0.15, 0.2) is 0 Å². The Kier molecular flexibility index (Phi) is 34.8. The standard InChI is InChI=1S/2C14H26O4.2C4H9.Sn/c2*1-3-5-7-11(4-2)10-12(14(17)18)8-6-9-13(15)16;2*1-4(2)3;/h2*11-12H,3-10H2,1-2H3,(H,15,16)(H,17,18);2*4H,1H2,2-3H3;/q;;;;+4/p-4. The molecule has 0 aromatic carbocycles. The van der Waals surface area contributed by atoms with E-state index in [1.165, 1.54) is 0 Å². The molecule has 4 unspecified atom stereocenters. The fourth-order valence-electron chi connectivity index (χ4n) is 5.08. The Balaban J connectivity index is -0.000000622. The molecule has 0 saturated heterocycles. The molecular weight excluding hydrogens is 679 g/mol. The van der Waals surface area contributed by atoms with Crippen LogP contribution < -0.4 is 20.4 Å². The van der Waals surface area contributed by atoms with Crippen molar-refractivity contribution in [3.63, 3.8) is 0 Å². The maximum absolute atomic E-state index is 11.0. The van der Waals surface area contributed by atoms with Gasteiger partial charge in [-0.2, -0.15) is 0 Å². The van der Waals surface area contributed by atoms with Crippen LogP contribution in [-0.4, -0.2) is 45.0 Å². The fraction of sp³-hybridized carbons (Fsp3) is 0.889. The number of rotatable bonds is 26. The first kappa shape index (κ1) is 48.1. The quantitative estimate of drug-likeness (QED) is 0.116. The SMILES string of the molecule is CC(C)[CH2][Sn+4][CH2]C(C)C.CCCCC(CC)CC(CCCC(=O)[O-])C(=O)[O-].CCCCC(CC)CC(CCCC(=O)[O-])C(=O)[O-]. The van der Waals surface area contributed by atoms with E-state index in [4.69, 9.17) is 0 Å². The minimum atomic E-state index is -1.12. The van der Waals surface area contributed by atoms with Crippen molar-refractivity contribution in [1.82, 2.24) is 0 Å². The molecule has 0 N–H and O–H groups in total. The van der Waals surface area contributed by atoms with Crippen LogP contribution in [0.3, 0.4) is 0 Å². The van der Waals surface area contributed by atoms with Gasteiger partial charge >= 0.3 is 69.5 Å². The molecule has 8 nitrogen and oxygen atoms in total. The van der Waals surface area contributed by atoms with E-state index in [0.29, 0.717) is 50.4 Å². The smallest absolute Gasteiger partial charge is 0.0445 e. The summed E-state index contributed by atoms with van der Waals surface area (Å²) in [6, 6.07) is 0. The number of unbranched alkanes of at least 4 members (excludes halogenated alkanes) is 2. The first-order valence-electron chi connectivity index (χ1n) is 17.7. The Bertz CT molecular complexity index is 681. The van der Waals surface area contributed by atoms with Gasteiger partial charge in [-0.1, -0.05) is 79.1 Å². The molecule has 0 fully saturated rings. The third kappa shape index (κ3) is 35.4. The van der Waals surface area contributed by atoms with Gasteiger partial charge in [0.25, 0.3) is 0 Å². The monoisotopic (exact) mass is 746 g/mol. The van der Waals surface area contributed by atoms with Crippen LogP contribution in [0.4, 0.5) is 0 Å². The fourth-order valence-corrected chi connectivity index (χ4v) is 8.85. The summed E-state index contributed by atoms with van der Waals surface area (Å²) in [5.74, 6) is -2.66. The number of hydrogen-bond donors (Lipinski definition) is 0. The molecule has 0 aromatic rings. The van der Waals surface area contributed by atoms with Gasteiger partial charge in [-0.25, -0.2) is 0 Å². The number of carbonyl (C=O) groups is 4. The predicted molar refractivity (Wildman–Crippen MR) is 176 cm³/mol. The minimum absolute atomic E-state index is 0.0709. The summed E-state index contributed by atoms with van der Waals surface area (Å²) >= 11 is 0.0709. The maximum atomic E-state index is 11.0. The van der Waals surface area contributed by atoms with E-state index >= 15 is 0 Å². The normalized spacial score (nSPS) is 13.6. The van der Waals surface area contributed by atoms with Gasteiger partial charge in [0, 0.05) is 23.9 Å². The zero-order chi connectivity index (χ0) is 35.2. The third-order valence-corrected chi connectivity index (χ3v) is 14.3. The summed E-state index contributed by atoms with van der Waals surface area (Å²) in [7, 11) is 0. The summed E-state index contributed by atoms with van der Waals surface area (Å²) < 4.78 is 3.14. The van der Waals surface area contributed by atoms with Crippen LogP contribution in [0.25, 0.3) is 0 Å². The van der Waals surface area contributed by atoms with Gasteiger partial charge in [-0.15, -0.1) is 0 Å². The van der Waals surface area contributed by atoms with Gasteiger partial charge in [0.05, 0.1) is 0 Å². The molecule has 0 spiro atoms. The molecule has 0 heterocycles. The second kappa shape index (κ2) is 32.6. The molecule has 0 rings (SSSR count). The van der Waals surface area contributed by atoms with E-state index in [-0.39, 0.29) is 34.0 Å². The van der Waals surface area contributed by atoms with Gasteiger partial charge < -0.3 is 39.6 Å². The Morgan fingerprint density at radius 3 is 1.09 bits per heavy atom. The Hall–Kier alpha value is -1.32. The van der Waals surface area contributed by atoms with Gasteiger partial charge in [0.1, 0.15) is 0 Å². The predicted octanol–water partition coefficient (Wildman–Crippen LogP) is 4.60. The molecule has 0 aliphatic heterocycles. The maximum Gasteiger partial charge on any atom is 0.0445 e. The van der Waals surface area contributed by atoms with Crippen LogP contribution >= 0.6 is 0 Å². The van der Waals surface area contributed by atoms with Crippen molar-refractivity contribution >= 4 is 45.0 Å². The molecule has 0 aromatic heterocycles. The van der Waals surface area contributed by atoms with Gasteiger partial charge in [-0.3, -0.25) is 0 Å². The molecule has 4 atom stereocenters. The van der Waals surface area contributed by atoms with Gasteiger partial charge in [0.15, 0.2) is 0 Å². The van der Waals surface area contributed by atoms with Crippen molar-refractivity contribution in [2.45, 2.75) is 167 Å². The Morgan fingerprint density at radius 1 is 0.533 bits per heavy atom. The summed E-state index contributed by atoms with van der Waals surface area (Å²) in [5, 5.41) is 42.6. The van der Waals surface area contributed by atoms with Crippen molar-refractivity contribution in [3.8, 4) is 0 Å². The molecule has 0 aliphatic carbocycles. The zero-order valence-corrected chi connectivity index (χ0v) is 32.8. The molecule has 0 aliphatic rings. The van der Waals surface area contributed by atoms with Gasteiger partial charge in [0.2, 0.25) is 0 Å². The summed E-state index contributed by atoms with van der Waals surface area (Å²) in [4.78, 5) is 42.6. The third-order valence-electron chi connectivity index (χ3n) is 7.96. The van der Waals surface area contributed by atoms with Crippen molar-refractivity contribution in [3.05, 3.63) is 0 Å². The summed E-state index contributed by atoms with van der Waals surface area (Å²) in [6.45, 7) is 17.7. The second-order valence-electron chi connectivity index (χ2n) is 13.3. The number of hydrogen-bond acceptors (Lipinski definition) is 8. The van der Waals surface area contributed by atoms with E-state index < -0.39 is 35.7 Å². The number of carboxylic acid groups (broad SMARTS) is 4. The molecule has 45 heavy (non-hydrogen) atoms. The minimum Gasteiger partial charge on any atom is -0.550 e. The van der Waals surface area contributed by atoms with E-state index in [2.05, 4.69) is 55.4 Å². The summed E-state index contributed by atoms with van der Waals surface area (Å²) in [6.07, 6.45) is 10.9. The average Bonchev–Trinajstić information content (AvgIpc) is 2.95. The average molecular weight is 746 g/mol. The first-order chi connectivity index (χ1) is 21.1. The number of carbonyl (C=O) groups excluding carboxylic acids is 4. The Labute approximate surface area is 286 Å². The molecular formula is C36H66O8Sn. The van der Waals surface area contributed by atoms with Crippen LogP contribution in [0.1, 0.15) is 158 Å².